The Balaban J connectivity index is 2.66. The summed E-state index contributed by atoms with van der Waals surface area (Å²) in [5.74, 6) is 0.00127. The lowest BCUT2D eigenvalue weighted by atomic mass is 9.75. The Morgan fingerprint density at radius 3 is 2.35 bits per heavy atom. The smallest absolute Gasteiger partial charge is 0.407 e. The van der Waals surface area contributed by atoms with Crippen molar-refractivity contribution in [2.24, 2.45) is 11.3 Å². The van der Waals surface area contributed by atoms with Crippen molar-refractivity contribution in [3.63, 3.8) is 0 Å². The summed E-state index contributed by atoms with van der Waals surface area (Å²) in [6.07, 6.45) is 1.69. The molecule has 1 fully saturated rings. The predicted molar refractivity (Wildman–Crippen MR) is 76.3 cm³/mol. The Morgan fingerprint density at radius 1 is 1.30 bits per heavy atom. The number of ether oxygens (including phenoxy) is 2. The van der Waals surface area contributed by atoms with Crippen molar-refractivity contribution >= 4 is 12.1 Å². The number of carbonyl (C=O) groups excluding carboxylic acids is 2. The third-order valence-corrected chi connectivity index (χ3v) is 3.97. The van der Waals surface area contributed by atoms with Gasteiger partial charge in [0.2, 0.25) is 0 Å². The maximum atomic E-state index is 12.1. The summed E-state index contributed by atoms with van der Waals surface area (Å²) >= 11 is 0. The van der Waals surface area contributed by atoms with Gasteiger partial charge >= 0.3 is 12.1 Å². The molecule has 0 unspecified atom stereocenters. The van der Waals surface area contributed by atoms with Gasteiger partial charge in [-0.1, -0.05) is 13.8 Å². The highest BCUT2D eigenvalue weighted by Crippen LogP contribution is 2.45. The van der Waals surface area contributed by atoms with Crippen LogP contribution in [0.25, 0.3) is 0 Å². The van der Waals surface area contributed by atoms with Crippen LogP contribution in [0, 0.1) is 11.3 Å². The van der Waals surface area contributed by atoms with Gasteiger partial charge in [0.15, 0.2) is 0 Å². The fraction of sp³-hybridized carbons (Fsp3) is 0.867. The SMILES string of the molecule is COC(=O)[C@@]1(C(C)C)CC[C@@H](NC(=O)OC(C)(C)C)C1. The minimum absolute atomic E-state index is 0.0358. The van der Waals surface area contributed by atoms with Gasteiger partial charge in [-0.05, 0) is 46.0 Å². The largest absolute Gasteiger partial charge is 0.469 e. The molecule has 1 saturated carbocycles. The molecule has 1 rings (SSSR count). The number of methoxy groups -OCH3 is 1. The quantitative estimate of drug-likeness (QED) is 0.810. The highest BCUT2D eigenvalue weighted by molar-refractivity contribution is 5.78. The van der Waals surface area contributed by atoms with E-state index in [0.29, 0.717) is 6.42 Å². The summed E-state index contributed by atoms with van der Waals surface area (Å²) in [5.41, 5.74) is -1.01. The summed E-state index contributed by atoms with van der Waals surface area (Å²) < 4.78 is 10.2. The second kappa shape index (κ2) is 6.02. The molecule has 0 spiro atoms. The molecule has 0 aliphatic heterocycles. The molecule has 116 valence electrons. The number of rotatable bonds is 3. The number of esters is 1. The van der Waals surface area contributed by atoms with E-state index in [4.69, 9.17) is 9.47 Å². The van der Waals surface area contributed by atoms with Gasteiger partial charge < -0.3 is 14.8 Å². The number of nitrogens with one attached hydrogen (secondary N) is 1. The van der Waals surface area contributed by atoms with E-state index in [1.54, 1.807) is 0 Å². The van der Waals surface area contributed by atoms with Crippen molar-refractivity contribution in [1.82, 2.24) is 5.32 Å². The number of hydrogen-bond donors (Lipinski definition) is 1. The third kappa shape index (κ3) is 3.87. The maximum Gasteiger partial charge on any atom is 0.407 e. The van der Waals surface area contributed by atoms with Crippen molar-refractivity contribution in [3.8, 4) is 0 Å². The van der Waals surface area contributed by atoms with Crippen molar-refractivity contribution in [1.29, 1.82) is 0 Å². The molecule has 0 aromatic rings. The molecule has 0 saturated heterocycles. The lowest BCUT2D eigenvalue weighted by Gasteiger charge is -2.30. The van der Waals surface area contributed by atoms with Crippen molar-refractivity contribution in [3.05, 3.63) is 0 Å². The number of hydrogen-bond acceptors (Lipinski definition) is 4. The molecule has 5 heteroatoms. The maximum absolute atomic E-state index is 12.1. The van der Waals surface area contributed by atoms with Crippen molar-refractivity contribution < 1.29 is 19.1 Å². The normalized spacial score (nSPS) is 26.4. The number of alkyl carbamates (subject to hydrolysis) is 1. The van der Waals surface area contributed by atoms with Crippen molar-refractivity contribution in [2.75, 3.05) is 7.11 Å². The second-order valence-electron chi connectivity index (χ2n) is 6.89. The van der Waals surface area contributed by atoms with Crippen LogP contribution >= 0.6 is 0 Å². The molecule has 1 aliphatic rings. The van der Waals surface area contributed by atoms with E-state index < -0.39 is 17.1 Å². The van der Waals surface area contributed by atoms with Gasteiger partial charge in [-0.25, -0.2) is 4.79 Å². The highest BCUT2D eigenvalue weighted by atomic mass is 16.6. The van der Waals surface area contributed by atoms with E-state index in [2.05, 4.69) is 5.32 Å². The molecule has 1 amide bonds. The lowest BCUT2D eigenvalue weighted by molar-refractivity contribution is -0.155. The first-order valence-electron chi connectivity index (χ1n) is 7.18. The van der Waals surface area contributed by atoms with E-state index in [9.17, 15) is 9.59 Å². The Labute approximate surface area is 121 Å². The van der Waals surface area contributed by atoms with Crippen LogP contribution in [0.1, 0.15) is 53.9 Å². The van der Waals surface area contributed by atoms with Crippen LogP contribution in [0.3, 0.4) is 0 Å². The third-order valence-electron chi connectivity index (χ3n) is 3.97. The summed E-state index contributed by atoms with van der Waals surface area (Å²) in [5, 5.41) is 2.86. The molecule has 0 radical (unpaired) electrons. The molecule has 0 aromatic carbocycles. The molecule has 20 heavy (non-hydrogen) atoms. The first kappa shape index (κ1) is 16.8. The minimum Gasteiger partial charge on any atom is -0.469 e. The van der Waals surface area contributed by atoms with Crippen LogP contribution in [-0.4, -0.2) is 30.8 Å². The average molecular weight is 285 g/mol. The van der Waals surface area contributed by atoms with Crippen LogP contribution in [0.2, 0.25) is 0 Å². The first-order chi connectivity index (χ1) is 9.10. The Bertz CT molecular complexity index is 373. The van der Waals surface area contributed by atoms with Gasteiger partial charge in [0.1, 0.15) is 5.60 Å². The molecule has 1 aliphatic carbocycles. The summed E-state index contributed by atoms with van der Waals surface area (Å²) in [4.78, 5) is 23.9. The zero-order valence-electron chi connectivity index (χ0n) is 13.4. The van der Waals surface area contributed by atoms with Crippen LogP contribution in [0.5, 0.6) is 0 Å². The molecule has 1 N–H and O–H groups in total. The summed E-state index contributed by atoms with van der Waals surface area (Å²) in [6.45, 7) is 9.52. The molecule has 0 heterocycles. The fourth-order valence-corrected chi connectivity index (χ4v) is 2.82. The van der Waals surface area contributed by atoms with Crippen LogP contribution in [-0.2, 0) is 14.3 Å². The second-order valence-corrected chi connectivity index (χ2v) is 6.89. The van der Waals surface area contributed by atoms with Crippen LogP contribution in [0.15, 0.2) is 0 Å². The standard InChI is InChI=1S/C15H27NO4/c1-10(2)15(12(17)19-6)8-7-11(9-15)16-13(18)20-14(3,4)5/h10-11H,7-9H2,1-6H3,(H,16,18)/t11-,15+/m1/s1. The summed E-state index contributed by atoms with van der Waals surface area (Å²) in [6, 6.07) is -0.0358. The van der Waals surface area contributed by atoms with Gasteiger partial charge in [0.25, 0.3) is 0 Å². The Morgan fingerprint density at radius 2 is 1.90 bits per heavy atom. The fourth-order valence-electron chi connectivity index (χ4n) is 2.82. The Hall–Kier alpha value is -1.26. The van der Waals surface area contributed by atoms with E-state index in [-0.39, 0.29) is 17.9 Å². The molecule has 0 bridgehead atoms. The zero-order chi connectivity index (χ0) is 15.6. The van der Waals surface area contributed by atoms with Crippen LogP contribution in [0.4, 0.5) is 4.79 Å². The first-order valence-corrected chi connectivity index (χ1v) is 7.18. The number of carbonyl (C=O) groups is 2. The molecular weight excluding hydrogens is 258 g/mol. The predicted octanol–water partition coefficient (Wildman–Crippen LogP) is 2.88. The lowest BCUT2D eigenvalue weighted by Crippen LogP contribution is -2.41. The average Bonchev–Trinajstić information content (AvgIpc) is 2.70. The Kier molecular flexibility index (Phi) is 5.05. The molecule has 5 nitrogen and oxygen atoms in total. The van der Waals surface area contributed by atoms with Gasteiger partial charge in [0.05, 0.1) is 12.5 Å². The molecular formula is C15H27NO4. The van der Waals surface area contributed by atoms with Gasteiger partial charge in [-0.15, -0.1) is 0 Å². The molecule has 2 atom stereocenters. The van der Waals surface area contributed by atoms with Gasteiger partial charge in [-0.3, -0.25) is 4.79 Å². The zero-order valence-corrected chi connectivity index (χ0v) is 13.4. The summed E-state index contributed by atoms with van der Waals surface area (Å²) in [7, 11) is 1.42. The number of amides is 1. The highest BCUT2D eigenvalue weighted by Gasteiger charge is 2.49. The van der Waals surface area contributed by atoms with Gasteiger partial charge in [-0.2, -0.15) is 0 Å². The minimum atomic E-state index is -0.514. The van der Waals surface area contributed by atoms with Crippen molar-refractivity contribution in [2.45, 2.75) is 65.5 Å². The monoisotopic (exact) mass is 285 g/mol. The van der Waals surface area contributed by atoms with Gasteiger partial charge in [0, 0.05) is 6.04 Å². The van der Waals surface area contributed by atoms with E-state index >= 15 is 0 Å². The topological polar surface area (TPSA) is 64.6 Å². The molecule has 0 aromatic heterocycles. The van der Waals surface area contributed by atoms with E-state index in [1.807, 2.05) is 34.6 Å². The van der Waals surface area contributed by atoms with E-state index in [1.165, 1.54) is 7.11 Å². The van der Waals surface area contributed by atoms with E-state index in [0.717, 1.165) is 12.8 Å². The van der Waals surface area contributed by atoms with Crippen LogP contribution < -0.4 is 5.32 Å².